The first-order chi connectivity index (χ1) is 13.2. The molecule has 0 aromatic heterocycles. The Morgan fingerprint density at radius 3 is 2.89 bits per heavy atom. The molecule has 27 heavy (non-hydrogen) atoms. The zero-order chi connectivity index (χ0) is 19.1. The molecular formula is C20H31ClN4O2. The molecule has 1 aromatic rings. The minimum absolute atomic E-state index is 0.536. The van der Waals surface area contributed by atoms with Crippen molar-refractivity contribution < 1.29 is 9.47 Å². The average Bonchev–Trinajstić information content (AvgIpc) is 2.99. The summed E-state index contributed by atoms with van der Waals surface area (Å²) in [4.78, 5) is 7.26. The van der Waals surface area contributed by atoms with Gasteiger partial charge in [-0.15, -0.1) is 0 Å². The molecule has 2 N–H and O–H groups in total. The van der Waals surface area contributed by atoms with Crippen molar-refractivity contribution in [2.75, 3.05) is 39.4 Å². The number of nitrogens with one attached hydrogen (secondary N) is 2. The minimum Gasteiger partial charge on any atom is -0.489 e. The second kappa shape index (κ2) is 10.0. The normalized spacial score (nSPS) is 20.4. The summed E-state index contributed by atoms with van der Waals surface area (Å²) in [5, 5.41) is 7.41. The Morgan fingerprint density at radius 1 is 1.22 bits per heavy atom. The Morgan fingerprint density at radius 2 is 2.07 bits per heavy atom. The molecule has 6 nitrogen and oxygen atoms in total. The molecule has 1 aromatic carbocycles. The summed E-state index contributed by atoms with van der Waals surface area (Å²) in [6.07, 6.45) is 3.39. The SMILES string of the molecule is CCNC(=NCc1cc(Cl)c2c(c1)OCCCO2)NCC1CCCN1CC. The third kappa shape index (κ3) is 5.42. The van der Waals surface area contributed by atoms with E-state index in [0.717, 1.165) is 37.6 Å². The highest BCUT2D eigenvalue weighted by atomic mass is 35.5. The number of likely N-dealkylation sites (N-methyl/N-ethyl adjacent to an activating group) is 1. The Kier molecular flexibility index (Phi) is 7.47. The Hall–Kier alpha value is -1.66. The lowest BCUT2D eigenvalue weighted by molar-refractivity contribution is 0.267. The van der Waals surface area contributed by atoms with Crippen LogP contribution >= 0.6 is 11.6 Å². The molecule has 0 aliphatic carbocycles. The van der Waals surface area contributed by atoms with E-state index in [1.54, 1.807) is 0 Å². The summed E-state index contributed by atoms with van der Waals surface area (Å²) >= 11 is 6.39. The minimum atomic E-state index is 0.536. The molecular weight excluding hydrogens is 364 g/mol. The van der Waals surface area contributed by atoms with Gasteiger partial charge in [0, 0.05) is 25.6 Å². The maximum atomic E-state index is 6.39. The van der Waals surface area contributed by atoms with E-state index in [4.69, 9.17) is 26.1 Å². The number of benzene rings is 1. The van der Waals surface area contributed by atoms with Gasteiger partial charge in [0.05, 0.1) is 24.8 Å². The third-order valence-corrected chi connectivity index (χ3v) is 5.32. The Balaban J connectivity index is 1.64. The number of nitrogens with zero attached hydrogens (tertiary/aromatic N) is 2. The zero-order valence-electron chi connectivity index (χ0n) is 16.4. The van der Waals surface area contributed by atoms with E-state index in [2.05, 4.69) is 29.4 Å². The molecule has 0 saturated carbocycles. The first kappa shape index (κ1) is 20.1. The predicted molar refractivity (Wildman–Crippen MR) is 110 cm³/mol. The number of fused-ring (bicyclic) bond motifs is 1. The Bertz CT molecular complexity index is 653. The fourth-order valence-corrected chi connectivity index (χ4v) is 3.93. The summed E-state index contributed by atoms with van der Waals surface area (Å²) in [6, 6.07) is 4.49. The number of rotatable bonds is 6. The highest BCUT2D eigenvalue weighted by molar-refractivity contribution is 6.32. The summed E-state index contributed by atoms with van der Waals surface area (Å²) in [5.74, 6) is 2.20. The molecule has 2 aliphatic rings. The van der Waals surface area contributed by atoms with Crippen LogP contribution in [0.15, 0.2) is 17.1 Å². The number of hydrogen-bond donors (Lipinski definition) is 2. The molecule has 0 radical (unpaired) electrons. The van der Waals surface area contributed by atoms with Crippen LogP contribution in [0.1, 0.15) is 38.7 Å². The summed E-state index contributed by atoms with van der Waals surface area (Å²) < 4.78 is 11.5. The van der Waals surface area contributed by atoms with Gasteiger partial charge in [-0.3, -0.25) is 4.90 Å². The van der Waals surface area contributed by atoms with E-state index in [0.29, 0.717) is 42.3 Å². The largest absolute Gasteiger partial charge is 0.489 e. The van der Waals surface area contributed by atoms with Crippen LogP contribution in [-0.2, 0) is 6.54 Å². The van der Waals surface area contributed by atoms with E-state index in [-0.39, 0.29) is 0 Å². The highest BCUT2D eigenvalue weighted by Crippen LogP contribution is 2.38. The molecule has 1 unspecified atom stereocenters. The molecule has 2 aliphatic heterocycles. The fourth-order valence-electron chi connectivity index (χ4n) is 3.64. The van der Waals surface area contributed by atoms with Gasteiger partial charge in [-0.2, -0.15) is 0 Å². The monoisotopic (exact) mass is 394 g/mol. The van der Waals surface area contributed by atoms with E-state index < -0.39 is 0 Å². The second-order valence-corrected chi connectivity index (χ2v) is 7.36. The molecule has 150 valence electrons. The first-order valence-corrected chi connectivity index (χ1v) is 10.4. The van der Waals surface area contributed by atoms with Gasteiger partial charge in [-0.05, 0) is 50.6 Å². The molecule has 1 atom stereocenters. The maximum Gasteiger partial charge on any atom is 0.191 e. The van der Waals surface area contributed by atoms with Crippen LogP contribution in [-0.4, -0.2) is 56.3 Å². The van der Waals surface area contributed by atoms with Crippen molar-refractivity contribution in [3.8, 4) is 11.5 Å². The van der Waals surface area contributed by atoms with Gasteiger partial charge in [0.1, 0.15) is 0 Å². The summed E-state index contributed by atoms with van der Waals surface area (Å²) in [7, 11) is 0. The van der Waals surface area contributed by atoms with Gasteiger partial charge < -0.3 is 20.1 Å². The highest BCUT2D eigenvalue weighted by Gasteiger charge is 2.22. The van der Waals surface area contributed by atoms with Gasteiger partial charge in [0.25, 0.3) is 0 Å². The molecule has 3 rings (SSSR count). The molecule has 0 spiro atoms. The van der Waals surface area contributed by atoms with E-state index in [9.17, 15) is 0 Å². The van der Waals surface area contributed by atoms with E-state index >= 15 is 0 Å². The van der Waals surface area contributed by atoms with Crippen molar-refractivity contribution in [2.24, 2.45) is 4.99 Å². The van der Waals surface area contributed by atoms with E-state index in [1.165, 1.54) is 19.4 Å². The standard InChI is InChI=1S/C20H31ClN4O2/c1-3-22-20(24-14-16-7-5-8-25(16)4-2)23-13-15-11-17(21)19-18(12-15)26-9-6-10-27-19/h11-12,16H,3-10,13-14H2,1-2H3,(H2,22,23,24). The summed E-state index contributed by atoms with van der Waals surface area (Å²) in [5.41, 5.74) is 1.01. The number of hydrogen-bond acceptors (Lipinski definition) is 4. The molecule has 7 heteroatoms. The predicted octanol–water partition coefficient (Wildman–Crippen LogP) is 3.04. The zero-order valence-corrected chi connectivity index (χ0v) is 17.1. The lowest BCUT2D eigenvalue weighted by Crippen LogP contribution is -2.44. The fraction of sp³-hybridized carbons (Fsp3) is 0.650. The molecule has 1 fully saturated rings. The quantitative estimate of drug-likeness (QED) is 0.573. The number of guanidine groups is 1. The van der Waals surface area contributed by atoms with Crippen molar-refractivity contribution in [3.63, 3.8) is 0 Å². The topological polar surface area (TPSA) is 58.1 Å². The van der Waals surface area contributed by atoms with Gasteiger partial charge in [-0.1, -0.05) is 18.5 Å². The van der Waals surface area contributed by atoms with Crippen molar-refractivity contribution in [2.45, 2.75) is 45.7 Å². The average molecular weight is 395 g/mol. The first-order valence-electron chi connectivity index (χ1n) is 10.1. The number of aliphatic imine (C=N–C) groups is 1. The molecule has 0 amide bonds. The van der Waals surface area contributed by atoms with Crippen LogP contribution in [0, 0.1) is 0 Å². The third-order valence-electron chi connectivity index (χ3n) is 5.04. The number of halogens is 1. The van der Waals surface area contributed by atoms with Gasteiger partial charge >= 0.3 is 0 Å². The molecule has 1 saturated heterocycles. The van der Waals surface area contributed by atoms with E-state index in [1.807, 2.05) is 12.1 Å². The van der Waals surface area contributed by atoms with Crippen molar-refractivity contribution in [3.05, 3.63) is 22.7 Å². The van der Waals surface area contributed by atoms with Gasteiger partial charge in [0.15, 0.2) is 17.5 Å². The lowest BCUT2D eigenvalue weighted by atomic mass is 10.2. The van der Waals surface area contributed by atoms with Crippen LogP contribution in [0.2, 0.25) is 5.02 Å². The summed E-state index contributed by atoms with van der Waals surface area (Å²) in [6.45, 7) is 10.2. The van der Waals surface area contributed by atoms with Crippen molar-refractivity contribution in [1.82, 2.24) is 15.5 Å². The smallest absolute Gasteiger partial charge is 0.191 e. The molecule has 2 heterocycles. The van der Waals surface area contributed by atoms with Crippen LogP contribution in [0.3, 0.4) is 0 Å². The maximum absolute atomic E-state index is 6.39. The van der Waals surface area contributed by atoms with Crippen molar-refractivity contribution >= 4 is 17.6 Å². The number of likely N-dealkylation sites (tertiary alicyclic amines) is 1. The van der Waals surface area contributed by atoms with Crippen molar-refractivity contribution in [1.29, 1.82) is 0 Å². The van der Waals surface area contributed by atoms with Gasteiger partial charge in [-0.25, -0.2) is 4.99 Å². The number of ether oxygens (including phenoxy) is 2. The molecule has 0 bridgehead atoms. The lowest BCUT2D eigenvalue weighted by Gasteiger charge is -2.24. The van der Waals surface area contributed by atoms with Crippen LogP contribution in [0.25, 0.3) is 0 Å². The van der Waals surface area contributed by atoms with Crippen LogP contribution in [0.5, 0.6) is 11.5 Å². The van der Waals surface area contributed by atoms with Gasteiger partial charge in [0.2, 0.25) is 0 Å². The van der Waals surface area contributed by atoms with Crippen LogP contribution < -0.4 is 20.1 Å². The Labute approximate surface area is 167 Å². The van der Waals surface area contributed by atoms with Crippen LogP contribution in [0.4, 0.5) is 0 Å². The second-order valence-electron chi connectivity index (χ2n) is 6.96.